The Kier molecular flexibility index (Phi) is 4.15. The Morgan fingerprint density at radius 1 is 1.04 bits per heavy atom. The van der Waals surface area contributed by atoms with Crippen LogP contribution in [0.2, 0.25) is 0 Å². The fraction of sp³-hybridized carbons (Fsp3) is 0.105. The minimum atomic E-state index is -0.215. The minimum Gasteiger partial charge on any atom is -0.306 e. The van der Waals surface area contributed by atoms with E-state index in [1.807, 2.05) is 38.1 Å². The van der Waals surface area contributed by atoms with Gasteiger partial charge in [-0.3, -0.25) is 9.78 Å². The van der Waals surface area contributed by atoms with Gasteiger partial charge in [-0.2, -0.15) is 0 Å². The van der Waals surface area contributed by atoms with E-state index in [1.54, 1.807) is 18.3 Å². The van der Waals surface area contributed by atoms with Crippen molar-refractivity contribution in [2.75, 3.05) is 5.32 Å². The molecule has 1 N–H and O–H groups in total. The van der Waals surface area contributed by atoms with E-state index in [9.17, 15) is 4.79 Å². The number of carbonyl (C=O) groups is 1. The quantitative estimate of drug-likeness (QED) is 0.795. The number of hydrogen-bond acceptors (Lipinski definition) is 3. The van der Waals surface area contributed by atoms with Crippen LogP contribution in [0.1, 0.15) is 21.6 Å². The van der Waals surface area contributed by atoms with E-state index < -0.39 is 0 Å². The Morgan fingerprint density at radius 2 is 1.83 bits per heavy atom. The lowest BCUT2D eigenvalue weighted by atomic mass is 10.0. The summed E-state index contributed by atoms with van der Waals surface area (Å²) in [6.45, 7) is 3.99. The van der Waals surface area contributed by atoms with Gasteiger partial charge < -0.3 is 5.32 Å². The van der Waals surface area contributed by atoms with E-state index >= 15 is 0 Å². The highest BCUT2D eigenvalue weighted by Gasteiger charge is 2.11. The number of nitrogens with zero attached hydrogens (tertiary/aromatic N) is 2. The van der Waals surface area contributed by atoms with Crippen LogP contribution < -0.4 is 5.32 Å². The van der Waals surface area contributed by atoms with Crippen molar-refractivity contribution in [1.29, 1.82) is 0 Å². The molecule has 2 aromatic heterocycles. The van der Waals surface area contributed by atoms with Crippen molar-refractivity contribution >= 4 is 11.7 Å². The Hall–Kier alpha value is -3.01. The van der Waals surface area contributed by atoms with Crippen LogP contribution in [0.15, 0.2) is 60.9 Å². The molecule has 0 spiro atoms. The predicted octanol–water partition coefficient (Wildman–Crippen LogP) is 4.01. The standard InChI is InChI=1S/C19H17N3O/c1-13-14(2)21-18(11-17(13)15-7-4-3-5-8-15)22-19(23)16-9-6-10-20-12-16/h3-12H,1-2H3,(H,21,22,23). The van der Waals surface area contributed by atoms with Gasteiger partial charge in [-0.1, -0.05) is 30.3 Å². The van der Waals surface area contributed by atoms with Gasteiger partial charge in [0.15, 0.2) is 0 Å². The summed E-state index contributed by atoms with van der Waals surface area (Å²) in [7, 11) is 0. The summed E-state index contributed by atoms with van der Waals surface area (Å²) in [5.41, 5.74) is 4.68. The Bertz CT molecular complexity index is 830. The molecule has 0 aliphatic carbocycles. The molecule has 0 radical (unpaired) electrons. The molecule has 4 nitrogen and oxygen atoms in total. The first-order valence-corrected chi connectivity index (χ1v) is 7.40. The van der Waals surface area contributed by atoms with Crippen LogP contribution in [-0.2, 0) is 0 Å². The van der Waals surface area contributed by atoms with Gasteiger partial charge in [-0.15, -0.1) is 0 Å². The largest absolute Gasteiger partial charge is 0.306 e. The van der Waals surface area contributed by atoms with Gasteiger partial charge in [0.25, 0.3) is 5.91 Å². The SMILES string of the molecule is Cc1nc(NC(=O)c2cccnc2)cc(-c2ccccc2)c1C. The highest BCUT2D eigenvalue weighted by molar-refractivity contribution is 6.03. The van der Waals surface area contributed by atoms with Gasteiger partial charge in [0.1, 0.15) is 5.82 Å². The van der Waals surface area contributed by atoms with Crippen molar-refractivity contribution in [3.63, 3.8) is 0 Å². The number of carbonyl (C=O) groups excluding carboxylic acids is 1. The second kappa shape index (κ2) is 6.40. The number of benzene rings is 1. The molecule has 0 saturated heterocycles. The normalized spacial score (nSPS) is 10.3. The fourth-order valence-corrected chi connectivity index (χ4v) is 2.40. The second-order valence-electron chi connectivity index (χ2n) is 5.33. The summed E-state index contributed by atoms with van der Waals surface area (Å²) in [4.78, 5) is 20.7. The first-order chi connectivity index (χ1) is 11.1. The third-order valence-corrected chi connectivity index (χ3v) is 3.77. The predicted molar refractivity (Wildman–Crippen MR) is 91.3 cm³/mol. The molecule has 114 valence electrons. The van der Waals surface area contributed by atoms with E-state index in [4.69, 9.17) is 0 Å². The van der Waals surface area contributed by atoms with Crippen molar-refractivity contribution in [3.8, 4) is 11.1 Å². The molecule has 1 amide bonds. The van der Waals surface area contributed by atoms with Crippen LogP contribution in [0.5, 0.6) is 0 Å². The van der Waals surface area contributed by atoms with Gasteiger partial charge in [0.2, 0.25) is 0 Å². The number of rotatable bonds is 3. The van der Waals surface area contributed by atoms with Crippen molar-refractivity contribution in [1.82, 2.24) is 9.97 Å². The molecule has 3 aromatic rings. The van der Waals surface area contributed by atoms with E-state index in [-0.39, 0.29) is 5.91 Å². The molecule has 0 fully saturated rings. The lowest BCUT2D eigenvalue weighted by Crippen LogP contribution is -2.14. The van der Waals surface area contributed by atoms with Crippen molar-refractivity contribution < 1.29 is 4.79 Å². The number of anilines is 1. The van der Waals surface area contributed by atoms with Crippen LogP contribution in [0, 0.1) is 13.8 Å². The molecule has 0 bridgehead atoms. The fourth-order valence-electron chi connectivity index (χ4n) is 2.40. The van der Waals surface area contributed by atoms with E-state index in [0.717, 1.165) is 22.4 Å². The number of amides is 1. The van der Waals surface area contributed by atoms with Crippen LogP contribution in [0.4, 0.5) is 5.82 Å². The van der Waals surface area contributed by atoms with Gasteiger partial charge in [0, 0.05) is 18.1 Å². The molecule has 0 aliphatic heterocycles. The second-order valence-corrected chi connectivity index (χ2v) is 5.33. The zero-order chi connectivity index (χ0) is 16.2. The molecule has 1 aromatic carbocycles. The molecular weight excluding hydrogens is 286 g/mol. The topological polar surface area (TPSA) is 54.9 Å². The van der Waals surface area contributed by atoms with E-state index in [1.165, 1.54) is 6.20 Å². The Morgan fingerprint density at radius 3 is 2.52 bits per heavy atom. The zero-order valence-corrected chi connectivity index (χ0v) is 13.1. The Balaban J connectivity index is 1.95. The molecule has 0 unspecified atom stereocenters. The van der Waals surface area contributed by atoms with Crippen molar-refractivity contribution in [2.24, 2.45) is 0 Å². The highest BCUT2D eigenvalue weighted by Crippen LogP contribution is 2.27. The maximum absolute atomic E-state index is 12.3. The average molecular weight is 303 g/mol. The number of pyridine rings is 2. The zero-order valence-electron chi connectivity index (χ0n) is 13.1. The molecular formula is C19H17N3O. The smallest absolute Gasteiger partial charge is 0.258 e. The third kappa shape index (κ3) is 3.26. The number of nitrogens with one attached hydrogen (secondary N) is 1. The molecule has 0 atom stereocenters. The van der Waals surface area contributed by atoms with Gasteiger partial charge in [0.05, 0.1) is 5.56 Å². The average Bonchev–Trinajstić information content (AvgIpc) is 2.59. The monoisotopic (exact) mass is 303 g/mol. The van der Waals surface area contributed by atoms with Gasteiger partial charge in [-0.25, -0.2) is 4.98 Å². The maximum Gasteiger partial charge on any atom is 0.258 e. The molecule has 0 saturated carbocycles. The van der Waals surface area contributed by atoms with Gasteiger partial charge >= 0.3 is 0 Å². The molecule has 2 heterocycles. The minimum absolute atomic E-state index is 0.215. The van der Waals surface area contributed by atoms with Crippen LogP contribution in [-0.4, -0.2) is 15.9 Å². The summed E-state index contributed by atoms with van der Waals surface area (Å²) in [6, 6.07) is 15.4. The highest BCUT2D eigenvalue weighted by atomic mass is 16.1. The van der Waals surface area contributed by atoms with E-state index in [0.29, 0.717) is 11.4 Å². The van der Waals surface area contributed by atoms with Crippen molar-refractivity contribution in [2.45, 2.75) is 13.8 Å². The van der Waals surface area contributed by atoms with Crippen LogP contribution >= 0.6 is 0 Å². The molecule has 4 heteroatoms. The third-order valence-electron chi connectivity index (χ3n) is 3.77. The van der Waals surface area contributed by atoms with Crippen LogP contribution in [0.3, 0.4) is 0 Å². The van der Waals surface area contributed by atoms with Crippen molar-refractivity contribution in [3.05, 3.63) is 77.7 Å². The molecule has 0 aliphatic rings. The maximum atomic E-state index is 12.3. The first-order valence-electron chi connectivity index (χ1n) is 7.40. The summed E-state index contributed by atoms with van der Waals surface area (Å²) < 4.78 is 0. The molecule has 23 heavy (non-hydrogen) atoms. The first kappa shape index (κ1) is 14.9. The summed E-state index contributed by atoms with van der Waals surface area (Å²) in [5.74, 6) is 0.327. The van der Waals surface area contributed by atoms with E-state index in [2.05, 4.69) is 27.4 Å². The summed E-state index contributed by atoms with van der Waals surface area (Å²) in [6.07, 6.45) is 3.17. The lowest BCUT2D eigenvalue weighted by Gasteiger charge is -2.12. The number of aryl methyl sites for hydroxylation is 1. The van der Waals surface area contributed by atoms with Crippen LogP contribution in [0.25, 0.3) is 11.1 Å². The summed E-state index contributed by atoms with van der Waals surface area (Å²) in [5, 5.41) is 2.85. The number of aromatic nitrogens is 2. The Labute approximate surface area is 135 Å². The lowest BCUT2D eigenvalue weighted by molar-refractivity contribution is 0.102. The number of hydrogen-bond donors (Lipinski definition) is 1. The van der Waals surface area contributed by atoms with Gasteiger partial charge in [-0.05, 0) is 48.7 Å². The summed E-state index contributed by atoms with van der Waals surface area (Å²) >= 11 is 0. The molecule has 3 rings (SSSR count).